The molecule has 0 aliphatic heterocycles. The second-order valence-corrected chi connectivity index (χ2v) is 7.85. The van der Waals surface area contributed by atoms with E-state index in [0.29, 0.717) is 21.9 Å². The van der Waals surface area contributed by atoms with Gasteiger partial charge in [0, 0.05) is 23.0 Å². The highest BCUT2D eigenvalue weighted by Gasteiger charge is 2.32. The average molecular weight is 499 g/mol. The maximum absolute atomic E-state index is 13.0. The summed E-state index contributed by atoms with van der Waals surface area (Å²) >= 11 is 6.02. The Labute approximate surface area is 200 Å². The predicted octanol–water partition coefficient (Wildman–Crippen LogP) is 4.86. The third-order valence-corrected chi connectivity index (χ3v) is 5.28. The summed E-state index contributed by atoms with van der Waals surface area (Å²) in [7, 11) is 0. The number of alkyl halides is 3. The molecule has 0 bridgehead atoms. The monoisotopic (exact) mass is 498 g/mol. The second kappa shape index (κ2) is 8.84. The zero-order chi connectivity index (χ0) is 24.6. The van der Waals surface area contributed by atoms with Crippen LogP contribution in [-0.2, 0) is 12.7 Å². The van der Waals surface area contributed by atoms with E-state index >= 15 is 0 Å². The molecular formula is C23H14ClF3N6O2. The van der Waals surface area contributed by atoms with E-state index in [1.165, 1.54) is 18.5 Å². The Balaban J connectivity index is 1.60. The first-order chi connectivity index (χ1) is 16.8. The van der Waals surface area contributed by atoms with Crippen LogP contribution in [0.1, 0.15) is 11.3 Å². The van der Waals surface area contributed by atoms with Crippen molar-refractivity contribution < 1.29 is 17.9 Å². The number of hydrogen-bond donors (Lipinski definition) is 0. The molecule has 4 aromatic heterocycles. The van der Waals surface area contributed by atoms with Crippen LogP contribution in [0.3, 0.4) is 0 Å². The summed E-state index contributed by atoms with van der Waals surface area (Å²) in [6.07, 6.45) is 1.06. The number of nitrogens with zero attached hydrogens (tertiary/aromatic N) is 6. The number of aromatic nitrogens is 6. The largest absolute Gasteiger partial charge is 0.451 e. The van der Waals surface area contributed by atoms with Crippen molar-refractivity contribution in [3.8, 4) is 22.6 Å². The van der Waals surface area contributed by atoms with Gasteiger partial charge in [-0.15, -0.1) is 5.10 Å². The SMILES string of the molecule is O=c1n(Cc2ccc(C(F)(F)F)nc2)nc2c(Oc3cccnc3)c(-c3ccc(Cl)cc3)cnn12. The lowest BCUT2D eigenvalue weighted by Crippen LogP contribution is -2.23. The summed E-state index contributed by atoms with van der Waals surface area (Å²) in [5.74, 6) is 0.654. The van der Waals surface area contributed by atoms with Gasteiger partial charge in [0.15, 0.2) is 5.75 Å². The second-order valence-electron chi connectivity index (χ2n) is 7.41. The maximum Gasteiger partial charge on any atom is 0.433 e. The van der Waals surface area contributed by atoms with Crippen LogP contribution in [0, 0.1) is 0 Å². The summed E-state index contributed by atoms with van der Waals surface area (Å²) < 4.78 is 46.6. The van der Waals surface area contributed by atoms with Gasteiger partial charge in [-0.25, -0.2) is 9.48 Å². The number of ether oxygens (including phenoxy) is 1. The molecule has 1 aromatic carbocycles. The smallest absolute Gasteiger partial charge is 0.433 e. The number of benzene rings is 1. The van der Waals surface area contributed by atoms with Crippen LogP contribution in [0.2, 0.25) is 5.02 Å². The first kappa shape index (κ1) is 22.5. The van der Waals surface area contributed by atoms with E-state index in [2.05, 4.69) is 20.2 Å². The number of rotatable bonds is 5. The topological polar surface area (TPSA) is 87.2 Å². The van der Waals surface area contributed by atoms with Crippen molar-refractivity contribution in [3.63, 3.8) is 0 Å². The molecule has 0 amide bonds. The molecule has 0 radical (unpaired) electrons. The van der Waals surface area contributed by atoms with E-state index in [-0.39, 0.29) is 17.9 Å². The van der Waals surface area contributed by atoms with Crippen LogP contribution in [0.25, 0.3) is 16.8 Å². The highest BCUT2D eigenvalue weighted by atomic mass is 35.5. The molecule has 0 saturated heterocycles. The van der Waals surface area contributed by atoms with Crippen LogP contribution in [0.15, 0.2) is 78.1 Å². The molecule has 5 rings (SSSR count). The highest BCUT2D eigenvalue weighted by Crippen LogP contribution is 2.35. The van der Waals surface area contributed by atoms with Gasteiger partial charge in [-0.1, -0.05) is 29.8 Å². The van der Waals surface area contributed by atoms with Gasteiger partial charge in [-0.2, -0.15) is 22.8 Å². The normalized spacial score (nSPS) is 11.7. The van der Waals surface area contributed by atoms with Crippen molar-refractivity contribution in [3.05, 3.63) is 100 Å². The molecule has 0 fully saturated rings. The third-order valence-electron chi connectivity index (χ3n) is 5.03. The maximum atomic E-state index is 13.0. The Hall–Kier alpha value is -4.25. The Morgan fingerprint density at radius 1 is 1.00 bits per heavy atom. The summed E-state index contributed by atoms with van der Waals surface area (Å²) in [6, 6.07) is 12.4. The van der Waals surface area contributed by atoms with Crippen molar-refractivity contribution in [1.82, 2.24) is 29.4 Å². The first-order valence-electron chi connectivity index (χ1n) is 10.1. The van der Waals surface area contributed by atoms with Gasteiger partial charge in [-0.05, 0) is 41.5 Å². The summed E-state index contributed by atoms with van der Waals surface area (Å²) in [6.45, 7) is -0.115. The fourth-order valence-corrected chi connectivity index (χ4v) is 3.49. The molecular weight excluding hydrogens is 485 g/mol. The lowest BCUT2D eigenvalue weighted by atomic mass is 10.1. The molecule has 35 heavy (non-hydrogen) atoms. The number of halogens is 4. The summed E-state index contributed by atoms with van der Waals surface area (Å²) in [5, 5.41) is 9.12. The average Bonchev–Trinajstić information content (AvgIpc) is 3.16. The van der Waals surface area contributed by atoms with Crippen LogP contribution in [0.4, 0.5) is 13.2 Å². The van der Waals surface area contributed by atoms with Gasteiger partial charge in [0.25, 0.3) is 0 Å². The number of fused-ring (bicyclic) bond motifs is 1. The highest BCUT2D eigenvalue weighted by molar-refractivity contribution is 6.30. The molecule has 0 N–H and O–H groups in total. The van der Waals surface area contributed by atoms with Crippen molar-refractivity contribution in [2.45, 2.75) is 12.7 Å². The molecule has 8 nitrogen and oxygen atoms in total. The fraction of sp³-hybridized carbons (Fsp3) is 0.0870. The summed E-state index contributed by atoms with van der Waals surface area (Å²) in [5.41, 5.74) is 0.120. The van der Waals surface area contributed by atoms with E-state index in [1.54, 1.807) is 42.6 Å². The van der Waals surface area contributed by atoms with E-state index in [0.717, 1.165) is 27.0 Å². The number of hydrogen-bond acceptors (Lipinski definition) is 6. The van der Waals surface area contributed by atoms with E-state index in [9.17, 15) is 18.0 Å². The van der Waals surface area contributed by atoms with Crippen molar-refractivity contribution in [1.29, 1.82) is 0 Å². The molecule has 5 aromatic rings. The Morgan fingerprint density at radius 2 is 1.80 bits per heavy atom. The third kappa shape index (κ3) is 4.58. The number of pyridine rings is 2. The minimum absolute atomic E-state index is 0.115. The van der Waals surface area contributed by atoms with Crippen molar-refractivity contribution in [2.75, 3.05) is 0 Å². The molecule has 0 saturated carbocycles. The van der Waals surface area contributed by atoms with Crippen molar-refractivity contribution >= 4 is 17.2 Å². The van der Waals surface area contributed by atoms with Gasteiger partial charge in [0.2, 0.25) is 5.65 Å². The van der Waals surface area contributed by atoms with Gasteiger partial charge in [0.1, 0.15) is 11.4 Å². The van der Waals surface area contributed by atoms with Crippen molar-refractivity contribution in [2.24, 2.45) is 0 Å². The molecule has 0 unspecified atom stereocenters. The molecule has 0 spiro atoms. The van der Waals surface area contributed by atoms with Crippen LogP contribution < -0.4 is 10.4 Å². The molecule has 0 atom stereocenters. The van der Waals surface area contributed by atoms with Gasteiger partial charge in [-0.3, -0.25) is 9.97 Å². The zero-order valence-corrected chi connectivity index (χ0v) is 18.4. The molecule has 4 heterocycles. The Kier molecular flexibility index (Phi) is 5.69. The predicted molar refractivity (Wildman–Crippen MR) is 120 cm³/mol. The van der Waals surface area contributed by atoms with Crippen LogP contribution in [0.5, 0.6) is 11.5 Å². The minimum Gasteiger partial charge on any atom is -0.451 e. The van der Waals surface area contributed by atoms with E-state index < -0.39 is 17.6 Å². The van der Waals surface area contributed by atoms with Crippen LogP contribution >= 0.6 is 11.6 Å². The first-order valence-corrected chi connectivity index (χ1v) is 10.5. The van der Waals surface area contributed by atoms with E-state index in [1.807, 2.05) is 0 Å². The fourth-order valence-electron chi connectivity index (χ4n) is 3.36. The molecule has 12 heteroatoms. The molecule has 0 aliphatic carbocycles. The molecule has 176 valence electrons. The van der Waals surface area contributed by atoms with Gasteiger partial charge in [0.05, 0.1) is 18.9 Å². The minimum atomic E-state index is -4.56. The van der Waals surface area contributed by atoms with E-state index in [4.69, 9.17) is 16.3 Å². The Bertz CT molecular complexity index is 1550. The van der Waals surface area contributed by atoms with Gasteiger partial charge >= 0.3 is 11.9 Å². The zero-order valence-electron chi connectivity index (χ0n) is 17.6. The molecule has 0 aliphatic rings. The lowest BCUT2D eigenvalue weighted by Gasteiger charge is -2.11. The Morgan fingerprint density at radius 3 is 2.46 bits per heavy atom. The van der Waals surface area contributed by atoms with Crippen LogP contribution in [-0.4, -0.2) is 29.4 Å². The quantitative estimate of drug-likeness (QED) is 0.344. The van der Waals surface area contributed by atoms with Gasteiger partial charge < -0.3 is 4.74 Å². The summed E-state index contributed by atoms with van der Waals surface area (Å²) in [4.78, 5) is 20.4. The lowest BCUT2D eigenvalue weighted by molar-refractivity contribution is -0.141. The standard InChI is InChI=1S/C23H14ClF3N6O2/c24-16-6-4-15(5-7-16)18-12-30-33-21(20(18)35-17-2-1-9-28-11-17)31-32(22(33)34)13-14-3-8-19(29-10-14)23(25,26)27/h1-12H,13H2.